The number of hydrogen-bond donors (Lipinski definition) is 3. The molecule has 0 aliphatic rings. The van der Waals surface area contributed by atoms with Crippen molar-refractivity contribution in [1.82, 2.24) is 5.32 Å². The van der Waals surface area contributed by atoms with Crippen LogP contribution in [0, 0.1) is 5.92 Å². The number of hydrogen-bond acceptors (Lipinski definition) is 4. The summed E-state index contributed by atoms with van der Waals surface area (Å²) >= 11 is 6.02. The van der Waals surface area contributed by atoms with Crippen LogP contribution >= 0.6 is 11.6 Å². The molecule has 0 radical (unpaired) electrons. The average Bonchev–Trinajstić information content (AvgIpc) is 2.85. The Kier molecular flexibility index (Phi) is 8.75. The van der Waals surface area contributed by atoms with Crippen molar-refractivity contribution in [2.45, 2.75) is 25.8 Å². The second kappa shape index (κ2) is 11.9. The van der Waals surface area contributed by atoms with Gasteiger partial charge in [0.15, 0.2) is 5.78 Å². The van der Waals surface area contributed by atoms with E-state index in [4.69, 9.17) is 11.6 Å². The quantitative estimate of drug-likeness (QED) is 0.351. The minimum absolute atomic E-state index is 0.340. The predicted molar refractivity (Wildman–Crippen MR) is 134 cm³/mol. The number of benzene rings is 3. The van der Waals surface area contributed by atoms with Crippen molar-refractivity contribution < 1.29 is 24.3 Å². The third-order valence-corrected chi connectivity index (χ3v) is 5.76. The molecule has 8 heteroatoms. The molecule has 0 saturated heterocycles. The zero-order valence-corrected chi connectivity index (χ0v) is 19.8. The van der Waals surface area contributed by atoms with Gasteiger partial charge in [-0.2, -0.15) is 0 Å². The Morgan fingerprint density at radius 1 is 0.829 bits per heavy atom. The lowest BCUT2D eigenvalue weighted by atomic mass is 9.94. The van der Waals surface area contributed by atoms with Gasteiger partial charge in [-0.3, -0.25) is 19.2 Å². The normalized spacial score (nSPS) is 12.3. The number of anilines is 1. The zero-order valence-electron chi connectivity index (χ0n) is 19.0. The number of ketones is 1. The average molecular weight is 493 g/mol. The summed E-state index contributed by atoms with van der Waals surface area (Å²) in [6.45, 7) is 1.47. The largest absolute Gasteiger partial charge is 0.481 e. The van der Waals surface area contributed by atoms with E-state index in [0.29, 0.717) is 16.3 Å². The van der Waals surface area contributed by atoms with Crippen molar-refractivity contribution in [2.75, 3.05) is 5.32 Å². The Bertz CT molecular complexity index is 1210. The lowest BCUT2D eigenvalue weighted by Gasteiger charge is -2.17. The number of carboxylic acid groups (broad SMARTS) is 1. The first-order valence-electron chi connectivity index (χ1n) is 11.0. The van der Waals surface area contributed by atoms with E-state index < -0.39 is 36.2 Å². The number of carbonyl (C=O) groups is 4. The van der Waals surface area contributed by atoms with Crippen molar-refractivity contribution in [3.8, 4) is 11.1 Å². The van der Waals surface area contributed by atoms with Crippen LogP contribution in [-0.2, 0) is 14.4 Å². The van der Waals surface area contributed by atoms with E-state index in [0.717, 1.165) is 11.1 Å². The molecule has 0 aliphatic heterocycles. The monoisotopic (exact) mass is 492 g/mol. The molecule has 3 aromatic rings. The number of rotatable bonds is 10. The van der Waals surface area contributed by atoms with E-state index in [1.807, 2.05) is 30.3 Å². The predicted octanol–water partition coefficient (Wildman–Crippen LogP) is 4.81. The summed E-state index contributed by atoms with van der Waals surface area (Å²) in [5.74, 6) is -4.02. The van der Waals surface area contributed by atoms with Crippen molar-refractivity contribution in [2.24, 2.45) is 5.92 Å². The highest BCUT2D eigenvalue weighted by atomic mass is 35.5. The molecule has 3 aromatic carbocycles. The minimum Gasteiger partial charge on any atom is -0.481 e. The van der Waals surface area contributed by atoms with Crippen LogP contribution in [0.3, 0.4) is 0 Å². The highest BCUT2D eigenvalue weighted by Gasteiger charge is 2.26. The molecule has 0 saturated carbocycles. The molecule has 2 amide bonds. The maximum atomic E-state index is 12.7. The van der Waals surface area contributed by atoms with Gasteiger partial charge in [-0.1, -0.05) is 78.3 Å². The molecule has 1 unspecified atom stereocenters. The molecule has 35 heavy (non-hydrogen) atoms. The molecule has 180 valence electrons. The van der Waals surface area contributed by atoms with E-state index in [1.54, 1.807) is 48.5 Å². The van der Waals surface area contributed by atoms with Gasteiger partial charge >= 0.3 is 5.97 Å². The SMILES string of the molecule is C[C@H](NC(=O)CC(CC(=O)c1ccc(-c2ccccc2)cc1)C(=O)O)C(=O)Nc1ccccc1Cl. The van der Waals surface area contributed by atoms with Gasteiger partial charge in [-0.25, -0.2) is 0 Å². The highest BCUT2D eigenvalue weighted by Crippen LogP contribution is 2.22. The Morgan fingerprint density at radius 2 is 1.43 bits per heavy atom. The molecular weight excluding hydrogens is 468 g/mol. The first-order chi connectivity index (χ1) is 16.7. The standard InChI is InChI=1S/C27H25ClN2O5/c1-17(26(33)30-23-10-6-5-9-22(23)28)29-25(32)16-21(27(34)35)15-24(31)20-13-11-19(12-14-20)18-7-3-2-4-8-18/h2-14,17,21H,15-16H2,1H3,(H,29,32)(H,30,33)(H,34,35)/t17-,21?/m0/s1. The Hall–Kier alpha value is -3.97. The van der Waals surface area contributed by atoms with Crippen LogP contribution < -0.4 is 10.6 Å². The summed E-state index contributed by atoms with van der Waals surface area (Å²) in [5.41, 5.74) is 2.69. The smallest absolute Gasteiger partial charge is 0.307 e. The maximum absolute atomic E-state index is 12.7. The number of nitrogens with one attached hydrogen (secondary N) is 2. The van der Waals surface area contributed by atoms with Crippen LogP contribution in [0.1, 0.15) is 30.1 Å². The molecular formula is C27H25ClN2O5. The summed E-state index contributed by atoms with van der Waals surface area (Å²) < 4.78 is 0. The van der Waals surface area contributed by atoms with Crippen LogP contribution in [0.2, 0.25) is 5.02 Å². The number of carboxylic acids is 1. The summed E-state index contributed by atoms with van der Waals surface area (Å²) in [6, 6.07) is 22.2. The number of aliphatic carboxylic acids is 1. The number of Topliss-reactive ketones (excluding diaryl/α,β-unsaturated/α-hetero) is 1. The van der Waals surface area contributed by atoms with Crippen LogP contribution in [-0.4, -0.2) is 34.7 Å². The lowest BCUT2D eigenvalue weighted by molar-refractivity contribution is -0.144. The fraction of sp³-hybridized carbons (Fsp3) is 0.185. The highest BCUT2D eigenvalue weighted by molar-refractivity contribution is 6.33. The first-order valence-corrected chi connectivity index (χ1v) is 11.4. The number of amides is 2. The van der Waals surface area contributed by atoms with E-state index in [1.165, 1.54) is 6.92 Å². The molecule has 2 atom stereocenters. The number of para-hydroxylation sites is 1. The van der Waals surface area contributed by atoms with Crippen LogP contribution in [0.25, 0.3) is 11.1 Å². The summed E-state index contributed by atoms with van der Waals surface area (Å²) in [5, 5.41) is 15.0. The van der Waals surface area contributed by atoms with Crippen LogP contribution in [0.15, 0.2) is 78.9 Å². The van der Waals surface area contributed by atoms with Gasteiger partial charge in [0, 0.05) is 18.4 Å². The van der Waals surface area contributed by atoms with Crippen molar-refractivity contribution in [3.05, 3.63) is 89.4 Å². The molecule has 0 aromatic heterocycles. The van der Waals surface area contributed by atoms with Gasteiger partial charge in [0.2, 0.25) is 11.8 Å². The van der Waals surface area contributed by atoms with Crippen LogP contribution in [0.5, 0.6) is 0 Å². The van der Waals surface area contributed by atoms with Gasteiger partial charge in [-0.15, -0.1) is 0 Å². The topological polar surface area (TPSA) is 113 Å². The molecule has 7 nitrogen and oxygen atoms in total. The van der Waals surface area contributed by atoms with Gasteiger partial charge in [0.1, 0.15) is 6.04 Å². The third-order valence-electron chi connectivity index (χ3n) is 5.43. The molecule has 0 spiro atoms. The van der Waals surface area contributed by atoms with E-state index in [-0.39, 0.29) is 12.2 Å². The molecule has 0 aliphatic carbocycles. The van der Waals surface area contributed by atoms with Gasteiger partial charge < -0.3 is 15.7 Å². The van der Waals surface area contributed by atoms with Crippen molar-refractivity contribution in [1.29, 1.82) is 0 Å². The van der Waals surface area contributed by atoms with Crippen molar-refractivity contribution >= 4 is 40.9 Å². The van der Waals surface area contributed by atoms with Gasteiger partial charge in [-0.05, 0) is 30.2 Å². The van der Waals surface area contributed by atoms with E-state index in [2.05, 4.69) is 10.6 Å². The fourth-order valence-corrected chi connectivity index (χ4v) is 3.64. The molecule has 0 fully saturated rings. The Labute approximate surface area is 208 Å². The van der Waals surface area contributed by atoms with Crippen LogP contribution in [0.4, 0.5) is 5.69 Å². The third kappa shape index (κ3) is 7.25. The second-order valence-corrected chi connectivity index (χ2v) is 8.48. The van der Waals surface area contributed by atoms with E-state index >= 15 is 0 Å². The maximum Gasteiger partial charge on any atom is 0.307 e. The zero-order chi connectivity index (χ0) is 25.4. The minimum atomic E-state index is -1.26. The summed E-state index contributed by atoms with van der Waals surface area (Å²) in [4.78, 5) is 49.2. The molecule has 3 N–H and O–H groups in total. The second-order valence-electron chi connectivity index (χ2n) is 8.07. The van der Waals surface area contributed by atoms with Crippen molar-refractivity contribution in [3.63, 3.8) is 0 Å². The Balaban J connectivity index is 1.56. The molecule has 3 rings (SSSR count). The van der Waals surface area contributed by atoms with E-state index in [9.17, 15) is 24.3 Å². The van der Waals surface area contributed by atoms with Gasteiger partial charge in [0.25, 0.3) is 0 Å². The fourth-order valence-electron chi connectivity index (χ4n) is 3.46. The summed E-state index contributed by atoms with van der Waals surface area (Å²) in [6.07, 6.45) is -0.777. The molecule has 0 bridgehead atoms. The molecule has 0 heterocycles. The lowest BCUT2D eigenvalue weighted by Crippen LogP contribution is -2.42. The Morgan fingerprint density at radius 3 is 2.06 bits per heavy atom. The number of carbonyl (C=O) groups excluding carboxylic acids is 3. The van der Waals surface area contributed by atoms with Gasteiger partial charge in [0.05, 0.1) is 16.6 Å². The summed E-state index contributed by atoms with van der Waals surface area (Å²) in [7, 11) is 0. The first kappa shape index (κ1) is 25.6. The number of halogens is 1.